The Morgan fingerprint density at radius 1 is 0.958 bits per heavy atom. The van der Waals surface area contributed by atoms with Crippen molar-refractivity contribution in [2.24, 2.45) is 0 Å². The van der Waals surface area contributed by atoms with Crippen LogP contribution in [0.2, 0.25) is 0 Å². The number of halogens is 1. The first-order chi connectivity index (χ1) is 11.6. The second-order valence-electron chi connectivity index (χ2n) is 4.85. The monoisotopic (exact) mass is 464 g/mol. The average molecular weight is 464 g/mol. The van der Waals surface area contributed by atoms with E-state index in [1.165, 1.54) is 0 Å². The predicted octanol–water partition coefficient (Wildman–Crippen LogP) is 4.23. The van der Waals surface area contributed by atoms with E-state index in [0.29, 0.717) is 12.2 Å². The molecule has 0 aromatic heterocycles. The van der Waals surface area contributed by atoms with Gasteiger partial charge in [-0.25, -0.2) is 0 Å². The van der Waals surface area contributed by atoms with E-state index in [2.05, 4.69) is 0 Å². The summed E-state index contributed by atoms with van der Waals surface area (Å²) in [6, 6.07) is 16.7. The van der Waals surface area contributed by atoms with E-state index in [9.17, 15) is 8.42 Å². The zero-order valence-corrected chi connectivity index (χ0v) is 16.6. The van der Waals surface area contributed by atoms with Gasteiger partial charge in [0.1, 0.15) is 0 Å². The molecule has 2 aromatic carbocycles. The Balaban J connectivity index is 2.26. The third-order valence-corrected chi connectivity index (χ3v) is 9.88. The minimum absolute atomic E-state index is 0.139. The maximum atomic E-state index is 12.2. The first-order valence-corrected chi connectivity index (χ1v) is 11.9. The van der Waals surface area contributed by atoms with Crippen molar-refractivity contribution in [1.82, 2.24) is 0 Å². The van der Waals surface area contributed by atoms with Crippen molar-refractivity contribution in [1.29, 1.82) is 0 Å². The molecule has 0 N–H and O–H groups in total. The van der Waals surface area contributed by atoms with Crippen molar-refractivity contribution in [3.05, 3.63) is 61.7 Å². The molecule has 0 heterocycles. The van der Waals surface area contributed by atoms with Crippen LogP contribution in [-0.4, -0.2) is 22.1 Å². The summed E-state index contributed by atoms with van der Waals surface area (Å²) in [6.45, 7) is 2.11. The molecule has 0 spiro atoms. The normalized spacial score (nSPS) is 12.0. The molecule has 0 amide bonds. The van der Waals surface area contributed by atoms with Crippen molar-refractivity contribution in [3.63, 3.8) is 0 Å². The van der Waals surface area contributed by atoms with E-state index >= 15 is 0 Å². The SMILES string of the molecule is CCCCOS(=O)(=O)OI(c1ccccc1)c1ccc(OC)cc1. The van der Waals surface area contributed by atoms with Gasteiger partial charge in [-0.2, -0.15) is 0 Å². The summed E-state index contributed by atoms with van der Waals surface area (Å²) in [5.74, 6) is 0.713. The van der Waals surface area contributed by atoms with Crippen LogP contribution in [0.4, 0.5) is 0 Å². The van der Waals surface area contributed by atoms with E-state index < -0.39 is 30.6 Å². The fourth-order valence-electron chi connectivity index (χ4n) is 1.81. The third-order valence-electron chi connectivity index (χ3n) is 3.04. The maximum absolute atomic E-state index is 12.2. The Morgan fingerprint density at radius 3 is 2.17 bits per heavy atom. The molecular formula is C17H21IO5S. The fraction of sp³-hybridized carbons (Fsp3) is 0.294. The van der Waals surface area contributed by atoms with Crippen LogP contribution in [-0.2, 0) is 17.1 Å². The standard InChI is InChI=1S/C17H21IO5S/c1-3-4-14-22-24(19,20)23-18(15-8-6-5-7-9-15)16-10-12-17(21-2)13-11-16/h5-13H,3-4,14H2,1-2H3. The summed E-state index contributed by atoms with van der Waals surface area (Å²) in [7, 11) is -2.44. The van der Waals surface area contributed by atoms with Crippen LogP contribution in [0.25, 0.3) is 0 Å². The molecule has 0 saturated carbocycles. The van der Waals surface area contributed by atoms with Crippen LogP contribution in [0.3, 0.4) is 0 Å². The molecule has 0 atom stereocenters. The van der Waals surface area contributed by atoms with Crippen LogP contribution >= 0.6 is 20.2 Å². The number of methoxy groups -OCH3 is 1. The topological polar surface area (TPSA) is 61.8 Å². The van der Waals surface area contributed by atoms with Crippen molar-refractivity contribution in [2.75, 3.05) is 13.7 Å². The second-order valence-corrected chi connectivity index (χ2v) is 11.0. The van der Waals surface area contributed by atoms with Crippen LogP contribution in [0.15, 0.2) is 54.6 Å². The molecule has 0 saturated heterocycles. The van der Waals surface area contributed by atoms with E-state index in [1.807, 2.05) is 49.4 Å². The zero-order valence-electron chi connectivity index (χ0n) is 13.6. The van der Waals surface area contributed by atoms with E-state index in [0.717, 1.165) is 13.6 Å². The Hall–Kier alpha value is -1.16. The van der Waals surface area contributed by atoms with E-state index in [1.54, 1.807) is 19.2 Å². The minimum atomic E-state index is -4.03. The van der Waals surface area contributed by atoms with Gasteiger partial charge in [-0.3, -0.25) is 0 Å². The van der Waals surface area contributed by atoms with Gasteiger partial charge in [0.15, 0.2) is 0 Å². The summed E-state index contributed by atoms with van der Waals surface area (Å²) in [5, 5.41) is 0. The molecule has 5 nitrogen and oxygen atoms in total. The quantitative estimate of drug-likeness (QED) is 0.411. The molecule has 7 heteroatoms. The molecule has 0 fully saturated rings. The predicted molar refractivity (Wildman–Crippen MR) is 102 cm³/mol. The number of benzene rings is 2. The zero-order chi connectivity index (χ0) is 17.4. The first-order valence-electron chi connectivity index (χ1n) is 7.54. The van der Waals surface area contributed by atoms with Gasteiger partial charge in [-0.05, 0) is 0 Å². The van der Waals surface area contributed by atoms with Gasteiger partial charge in [0, 0.05) is 0 Å². The van der Waals surface area contributed by atoms with Gasteiger partial charge in [-0.1, -0.05) is 0 Å². The average Bonchev–Trinajstić information content (AvgIpc) is 2.61. The molecule has 0 aliphatic heterocycles. The van der Waals surface area contributed by atoms with Gasteiger partial charge in [0.25, 0.3) is 0 Å². The number of rotatable bonds is 9. The van der Waals surface area contributed by atoms with Crippen molar-refractivity contribution in [3.8, 4) is 5.75 Å². The van der Waals surface area contributed by atoms with Gasteiger partial charge in [0.05, 0.1) is 0 Å². The van der Waals surface area contributed by atoms with Crippen LogP contribution in [0.1, 0.15) is 19.8 Å². The molecule has 24 heavy (non-hydrogen) atoms. The molecule has 0 radical (unpaired) electrons. The van der Waals surface area contributed by atoms with Gasteiger partial charge >= 0.3 is 151 Å². The van der Waals surface area contributed by atoms with Crippen LogP contribution in [0.5, 0.6) is 5.75 Å². The van der Waals surface area contributed by atoms with Crippen molar-refractivity contribution < 1.29 is 19.9 Å². The molecule has 0 aliphatic carbocycles. The molecule has 132 valence electrons. The van der Waals surface area contributed by atoms with Gasteiger partial charge < -0.3 is 0 Å². The first kappa shape index (κ1) is 19.2. The summed E-state index contributed by atoms with van der Waals surface area (Å²) in [6.07, 6.45) is 1.53. The molecule has 0 unspecified atom stereocenters. The third kappa shape index (κ3) is 5.73. The summed E-state index contributed by atoms with van der Waals surface area (Å²) < 4.78 is 41.7. The Morgan fingerprint density at radius 2 is 1.58 bits per heavy atom. The Labute approximate surface area is 151 Å². The summed E-state index contributed by atoms with van der Waals surface area (Å²) in [5.41, 5.74) is 0. The van der Waals surface area contributed by atoms with Crippen molar-refractivity contribution in [2.45, 2.75) is 19.8 Å². The number of hydrogen-bond donors (Lipinski definition) is 0. The Bertz CT molecular complexity index is 716. The molecular weight excluding hydrogens is 443 g/mol. The number of hydrogen-bond acceptors (Lipinski definition) is 5. The fourth-order valence-corrected chi connectivity index (χ4v) is 8.15. The molecule has 0 bridgehead atoms. The number of ether oxygens (including phenoxy) is 1. The Kier molecular flexibility index (Phi) is 7.47. The molecule has 2 aromatic rings. The van der Waals surface area contributed by atoms with Crippen LogP contribution < -0.4 is 4.74 Å². The van der Waals surface area contributed by atoms with E-state index in [4.69, 9.17) is 11.4 Å². The van der Waals surface area contributed by atoms with E-state index in [-0.39, 0.29) is 6.61 Å². The number of unbranched alkanes of at least 4 members (excludes halogenated alkanes) is 1. The van der Waals surface area contributed by atoms with Gasteiger partial charge in [0.2, 0.25) is 0 Å². The van der Waals surface area contributed by atoms with Crippen LogP contribution in [0, 0.1) is 7.14 Å². The van der Waals surface area contributed by atoms with Gasteiger partial charge in [-0.15, -0.1) is 0 Å². The molecule has 2 rings (SSSR count). The van der Waals surface area contributed by atoms with Crippen molar-refractivity contribution >= 4 is 30.6 Å². The summed E-state index contributed by atoms with van der Waals surface area (Å²) >= 11 is -2.64. The summed E-state index contributed by atoms with van der Waals surface area (Å²) in [4.78, 5) is 0. The second kappa shape index (κ2) is 9.36. The molecule has 0 aliphatic rings.